The minimum atomic E-state index is -0.257. The number of halogens is 2. The molecule has 5 rings (SSSR count). The Kier molecular flexibility index (Phi) is 7.52. The number of nitrogens with zero attached hydrogens (tertiary/aromatic N) is 7. The van der Waals surface area contributed by atoms with Gasteiger partial charge in [-0.05, 0) is 56.3 Å². The molecule has 3 heterocycles. The Balaban J connectivity index is 1.39. The van der Waals surface area contributed by atoms with Crippen LogP contribution in [0, 0.1) is 19.7 Å². The summed E-state index contributed by atoms with van der Waals surface area (Å²) >= 11 is 4.91. The van der Waals surface area contributed by atoms with Crippen LogP contribution in [0.2, 0.25) is 0 Å². The lowest BCUT2D eigenvalue weighted by Crippen LogP contribution is -2.49. The standard InChI is InChI=1S/C26H25BrFN7OS/c1-17-15-18(2)30-26(29-17)37-16-23-24(31-32-35(23)20-9-7-19(27)8-10-20)25(36)34-13-11-33(12-14-34)22-6-4-3-5-21(22)28/h3-10,15H,11-14,16H2,1-2H3. The number of hydrogen-bond donors (Lipinski definition) is 0. The largest absolute Gasteiger partial charge is 0.366 e. The van der Waals surface area contributed by atoms with Crippen LogP contribution in [0.4, 0.5) is 10.1 Å². The lowest BCUT2D eigenvalue weighted by molar-refractivity contribution is 0.0739. The number of aromatic nitrogens is 5. The number of para-hydroxylation sites is 1. The van der Waals surface area contributed by atoms with Crippen LogP contribution in [0.3, 0.4) is 0 Å². The molecule has 1 saturated heterocycles. The number of thioether (sulfide) groups is 1. The van der Waals surface area contributed by atoms with Gasteiger partial charge < -0.3 is 9.80 Å². The summed E-state index contributed by atoms with van der Waals surface area (Å²) in [6.07, 6.45) is 0. The smallest absolute Gasteiger partial charge is 0.276 e. The van der Waals surface area contributed by atoms with Crippen LogP contribution in [0.15, 0.2) is 64.2 Å². The van der Waals surface area contributed by atoms with Crippen LogP contribution in [0.5, 0.6) is 0 Å². The summed E-state index contributed by atoms with van der Waals surface area (Å²) < 4.78 is 16.9. The van der Waals surface area contributed by atoms with E-state index >= 15 is 0 Å². The van der Waals surface area contributed by atoms with Gasteiger partial charge in [0.2, 0.25) is 0 Å². The molecule has 1 fully saturated rings. The number of amides is 1. The third-order valence-corrected chi connectivity index (χ3v) is 7.48. The van der Waals surface area contributed by atoms with E-state index < -0.39 is 0 Å². The van der Waals surface area contributed by atoms with E-state index in [9.17, 15) is 9.18 Å². The van der Waals surface area contributed by atoms with Crippen molar-refractivity contribution in [3.8, 4) is 5.69 Å². The Labute approximate surface area is 227 Å². The molecule has 0 aliphatic carbocycles. The van der Waals surface area contributed by atoms with Crippen LogP contribution < -0.4 is 4.90 Å². The highest BCUT2D eigenvalue weighted by atomic mass is 79.9. The molecule has 1 aliphatic heterocycles. The summed E-state index contributed by atoms with van der Waals surface area (Å²) in [5.41, 5.74) is 4.12. The van der Waals surface area contributed by atoms with Crippen LogP contribution in [-0.2, 0) is 5.75 Å². The number of benzene rings is 2. The second-order valence-corrected chi connectivity index (χ2v) is 10.6. The predicted molar refractivity (Wildman–Crippen MR) is 145 cm³/mol. The van der Waals surface area contributed by atoms with Crippen molar-refractivity contribution < 1.29 is 9.18 Å². The fraction of sp³-hybridized carbons (Fsp3) is 0.269. The van der Waals surface area contributed by atoms with E-state index in [1.165, 1.54) is 17.8 Å². The summed E-state index contributed by atoms with van der Waals surface area (Å²) in [6, 6.07) is 16.3. The predicted octanol–water partition coefficient (Wildman–Crippen LogP) is 4.83. The first kappa shape index (κ1) is 25.3. The number of carbonyl (C=O) groups is 1. The first-order valence-corrected chi connectivity index (χ1v) is 13.6. The quantitative estimate of drug-likeness (QED) is 0.238. The zero-order chi connectivity index (χ0) is 25.9. The molecule has 37 heavy (non-hydrogen) atoms. The minimum Gasteiger partial charge on any atom is -0.366 e. The highest BCUT2D eigenvalue weighted by molar-refractivity contribution is 9.10. The number of carbonyl (C=O) groups excluding carboxylic acids is 1. The number of aryl methyl sites for hydroxylation is 2. The molecule has 8 nitrogen and oxygen atoms in total. The molecule has 190 valence electrons. The SMILES string of the molecule is Cc1cc(C)nc(SCc2c(C(=O)N3CCN(c4ccccc4F)CC3)nnn2-c2ccc(Br)cc2)n1. The molecule has 11 heteroatoms. The molecule has 0 bridgehead atoms. The summed E-state index contributed by atoms with van der Waals surface area (Å²) in [5, 5.41) is 9.29. The van der Waals surface area contributed by atoms with Gasteiger partial charge in [0, 0.05) is 47.8 Å². The van der Waals surface area contributed by atoms with Crippen LogP contribution in [0.1, 0.15) is 27.6 Å². The van der Waals surface area contributed by atoms with Gasteiger partial charge in [-0.2, -0.15) is 0 Å². The molecule has 0 atom stereocenters. The Morgan fingerprint density at radius 1 is 1.00 bits per heavy atom. The zero-order valence-corrected chi connectivity index (χ0v) is 22.8. The van der Waals surface area contributed by atoms with Crippen LogP contribution in [-0.4, -0.2) is 61.9 Å². The number of hydrogen-bond acceptors (Lipinski definition) is 7. The maximum atomic E-state index is 14.3. The lowest BCUT2D eigenvalue weighted by Gasteiger charge is -2.36. The van der Waals surface area contributed by atoms with E-state index in [2.05, 4.69) is 36.2 Å². The summed E-state index contributed by atoms with van der Waals surface area (Å²) in [5.74, 6) is -0.0245. The van der Waals surface area contributed by atoms with E-state index in [0.29, 0.717) is 54.2 Å². The fourth-order valence-corrected chi connectivity index (χ4v) is 5.49. The van der Waals surface area contributed by atoms with Crippen molar-refractivity contribution in [1.29, 1.82) is 0 Å². The molecule has 0 saturated carbocycles. The van der Waals surface area contributed by atoms with E-state index in [1.54, 1.807) is 21.7 Å². The van der Waals surface area contributed by atoms with E-state index in [0.717, 1.165) is 21.5 Å². The van der Waals surface area contributed by atoms with Gasteiger partial charge in [-0.25, -0.2) is 19.0 Å². The van der Waals surface area contributed by atoms with Crippen LogP contribution in [0.25, 0.3) is 5.69 Å². The third-order valence-electron chi connectivity index (χ3n) is 6.10. The monoisotopic (exact) mass is 581 g/mol. The highest BCUT2D eigenvalue weighted by Gasteiger charge is 2.29. The van der Waals surface area contributed by atoms with Crippen molar-refractivity contribution in [3.05, 3.63) is 87.7 Å². The van der Waals surface area contributed by atoms with Gasteiger partial charge in [-0.3, -0.25) is 4.79 Å². The summed E-state index contributed by atoms with van der Waals surface area (Å²) in [6.45, 7) is 5.86. The molecule has 2 aromatic heterocycles. The summed E-state index contributed by atoms with van der Waals surface area (Å²) in [4.78, 5) is 26.4. The van der Waals surface area contributed by atoms with E-state index in [4.69, 9.17) is 0 Å². The maximum Gasteiger partial charge on any atom is 0.276 e. The van der Waals surface area contributed by atoms with E-state index in [-0.39, 0.29) is 11.7 Å². The molecular weight excluding hydrogens is 557 g/mol. The first-order chi connectivity index (χ1) is 17.9. The van der Waals surface area contributed by atoms with Crippen LogP contribution >= 0.6 is 27.7 Å². The fourth-order valence-electron chi connectivity index (χ4n) is 4.29. The van der Waals surface area contributed by atoms with Gasteiger partial charge in [0.15, 0.2) is 10.9 Å². The topological polar surface area (TPSA) is 80.0 Å². The molecule has 0 radical (unpaired) electrons. The average Bonchev–Trinajstić information content (AvgIpc) is 3.31. The summed E-state index contributed by atoms with van der Waals surface area (Å²) in [7, 11) is 0. The Hall–Kier alpha value is -3.31. The van der Waals surface area contributed by atoms with Crippen molar-refractivity contribution in [2.24, 2.45) is 0 Å². The molecule has 0 unspecified atom stereocenters. The zero-order valence-electron chi connectivity index (χ0n) is 20.4. The Morgan fingerprint density at radius 2 is 1.68 bits per heavy atom. The number of piperazine rings is 1. The maximum absolute atomic E-state index is 14.3. The van der Waals surface area contributed by atoms with Gasteiger partial charge in [-0.15, -0.1) is 5.10 Å². The minimum absolute atomic E-state index is 0.187. The van der Waals surface area contributed by atoms with Gasteiger partial charge in [0.05, 0.1) is 17.1 Å². The van der Waals surface area contributed by atoms with Crippen molar-refractivity contribution >= 4 is 39.3 Å². The Bertz CT molecular complexity index is 1400. The normalized spacial score (nSPS) is 13.7. The first-order valence-electron chi connectivity index (χ1n) is 11.8. The van der Waals surface area contributed by atoms with Crippen molar-refractivity contribution in [3.63, 3.8) is 0 Å². The van der Waals surface area contributed by atoms with Crippen molar-refractivity contribution in [2.45, 2.75) is 24.8 Å². The lowest BCUT2D eigenvalue weighted by atomic mass is 10.2. The molecule has 2 aromatic carbocycles. The molecule has 1 aliphatic rings. The highest BCUT2D eigenvalue weighted by Crippen LogP contribution is 2.26. The second-order valence-electron chi connectivity index (χ2n) is 8.73. The molecular formula is C26H25BrFN7OS. The van der Waals surface area contributed by atoms with Crippen molar-refractivity contribution in [2.75, 3.05) is 31.1 Å². The second kappa shape index (κ2) is 11.0. The molecule has 1 amide bonds. The third kappa shape index (κ3) is 5.67. The molecule has 0 spiro atoms. The molecule has 0 N–H and O–H groups in total. The number of anilines is 1. The van der Waals surface area contributed by atoms with Gasteiger partial charge in [-0.1, -0.05) is 45.0 Å². The van der Waals surface area contributed by atoms with Gasteiger partial charge >= 0.3 is 0 Å². The van der Waals surface area contributed by atoms with Gasteiger partial charge in [0.25, 0.3) is 5.91 Å². The number of rotatable bonds is 6. The average molecular weight is 583 g/mol. The van der Waals surface area contributed by atoms with Crippen molar-refractivity contribution in [1.82, 2.24) is 29.9 Å². The van der Waals surface area contributed by atoms with E-state index in [1.807, 2.05) is 55.1 Å². The van der Waals surface area contributed by atoms with Gasteiger partial charge in [0.1, 0.15) is 5.82 Å². The molecule has 4 aromatic rings. The Morgan fingerprint density at radius 3 is 2.35 bits per heavy atom.